The average Bonchev–Trinajstić information content (AvgIpc) is 3.08. The van der Waals surface area contributed by atoms with Crippen molar-refractivity contribution in [3.63, 3.8) is 0 Å². The monoisotopic (exact) mass is 296 g/mol. The molecule has 0 saturated carbocycles. The van der Waals surface area contributed by atoms with E-state index in [1.165, 1.54) is 18.3 Å². The van der Waals surface area contributed by atoms with Crippen LogP contribution in [0.25, 0.3) is 5.82 Å². The molecule has 0 aliphatic carbocycles. The van der Waals surface area contributed by atoms with Crippen molar-refractivity contribution in [1.82, 2.24) is 19.7 Å². The van der Waals surface area contributed by atoms with Crippen molar-refractivity contribution in [2.24, 2.45) is 0 Å². The molecule has 8 heteroatoms. The molecule has 0 saturated heterocycles. The fourth-order valence-corrected chi connectivity index (χ4v) is 1.93. The Labute approximate surface area is 125 Å². The van der Waals surface area contributed by atoms with E-state index < -0.39 is 4.92 Å². The van der Waals surface area contributed by atoms with Gasteiger partial charge in [-0.1, -0.05) is 6.07 Å². The first-order valence-corrected chi connectivity index (χ1v) is 6.52. The maximum atomic E-state index is 10.9. The molecule has 0 unspecified atom stereocenters. The Morgan fingerprint density at radius 2 is 2.09 bits per heavy atom. The summed E-state index contributed by atoms with van der Waals surface area (Å²) in [6.07, 6.45) is 6.68. The first kappa shape index (κ1) is 13.7. The van der Waals surface area contributed by atoms with Crippen LogP contribution >= 0.6 is 0 Å². The zero-order chi connectivity index (χ0) is 15.4. The summed E-state index contributed by atoms with van der Waals surface area (Å²) in [6.45, 7) is 0.393. The van der Waals surface area contributed by atoms with Gasteiger partial charge < -0.3 is 5.32 Å². The smallest absolute Gasteiger partial charge is 0.311 e. The molecule has 0 amide bonds. The molecule has 110 valence electrons. The first-order valence-electron chi connectivity index (χ1n) is 6.52. The van der Waals surface area contributed by atoms with Crippen molar-refractivity contribution in [3.8, 4) is 5.82 Å². The molecule has 0 aromatic carbocycles. The van der Waals surface area contributed by atoms with Crippen LogP contribution in [0.2, 0.25) is 0 Å². The number of nitrogens with one attached hydrogen (secondary N) is 1. The number of nitrogens with zero attached hydrogens (tertiary/aromatic N) is 5. The third kappa shape index (κ3) is 2.90. The number of hydrogen-bond donors (Lipinski definition) is 1. The molecular formula is C14H12N6O2. The summed E-state index contributed by atoms with van der Waals surface area (Å²) in [5.41, 5.74) is 0.833. The fraction of sp³-hybridized carbons (Fsp3) is 0.0714. The molecule has 0 aliphatic heterocycles. The van der Waals surface area contributed by atoms with Crippen LogP contribution in [0.5, 0.6) is 0 Å². The summed E-state index contributed by atoms with van der Waals surface area (Å²) in [5, 5.41) is 18.0. The Balaban J connectivity index is 1.71. The summed E-state index contributed by atoms with van der Waals surface area (Å²) in [6, 6.07) is 8.47. The molecule has 0 radical (unpaired) electrons. The highest BCUT2D eigenvalue weighted by atomic mass is 16.6. The van der Waals surface area contributed by atoms with Crippen LogP contribution in [0.3, 0.4) is 0 Å². The average molecular weight is 296 g/mol. The van der Waals surface area contributed by atoms with Gasteiger partial charge in [-0.3, -0.25) is 10.1 Å². The van der Waals surface area contributed by atoms with E-state index in [2.05, 4.69) is 20.4 Å². The molecule has 3 heterocycles. The van der Waals surface area contributed by atoms with E-state index in [1.807, 2.05) is 18.2 Å². The highest BCUT2D eigenvalue weighted by Gasteiger charge is 2.13. The quantitative estimate of drug-likeness (QED) is 0.572. The Kier molecular flexibility index (Phi) is 3.73. The molecule has 3 rings (SSSR count). The normalized spacial score (nSPS) is 10.4. The summed E-state index contributed by atoms with van der Waals surface area (Å²) < 4.78 is 1.65. The van der Waals surface area contributed by atoms with Gasteiger partial charge >= 0.3 is 5.69 Å². The van der Waals surface area contributed by atoms with E-state index in [-0.39, 0.29) is 11.5 Å². The molecule has 0 aliphatic rings. The lowest BCUT2D eigenvalue weighted by atomic mass is 10.2. The maximum absolute atomic E-state index is 10.9. The van der Waals surface area contributed by atoms with Crippen molar-refractivity contribution >= 4 is 11.5 Å². The third-order valence-corrected chi connectivity index (χ3v) is 2.99. The minimum atomic E-state index is -0.464. The van der Waals surface area contributed by atoms with Crippen LogP contribution in [0.4, 0.5) is 11.5 Å². The van der Waals surface area contributed by atoms with Crippen LogP contribution in [0.15, 0.2) is 55.1 Å². The summed E-state index contributed by atoms with van der Waals surface area (Å²) in [5.74, 6) is 0.946. The molecule has 8 nitrogen and oxygen atoms in total. The Morgan fingerprint density at radius 1 is 1.18 bits per heavy atom. The van der Waals surface area contributed by atoms with Gasteiger partial charge in [-0.25, -0.2) is 14.6 Å². The van der Waals surface area contributed by atoms with E-state index in [0.717, 1.165) is 5.56 Å². The molecule has 0 spiro atoms. The van der Waals surface area contributed by atoms with Crippen molar-refractivity contribution < 1.29 is 4.92 Å². The van der Waals surface area contributed by atoms with Gasteiger partial charge in [0.25, 0.3) is 0 Å². The Morgan fingerprint density at radius 3 is 2.77 bits per heavy atom. The molecule has 0 bridgehead atoms. The lowest BCUT2D eigenvalue weighted by Crippen LogP contribution is -2.05. The molecule has 3 aromatic rings. The van der Waals surface area contributed by atoms with E-state index in [0.29, 0.717) is 12.4 Å². The second-order valence-electron chi connectivity index (χ2n) is 4.46. The Hall–Kier alpha value is -3.29. The number of rotatable bonds is 5. The van der Waals surface area contributed by atoms with Crippen LogP contribution < -0.4 is 5.32 Å². The number of aromatic nitrogens is 4. The van der Waals surface area contributed by atoms with Crippen LogP contribution in [-0.4, -0.2) is 24.7 Å². The van der Waals surface area contributed by atoms with Gasteiger partial charge in [0.05, 0.1) is 4.92 Å². The minimum Gasteiger partial charge on any atom is -0.360 e. The lowest BCUT2D eigenvalue weighted by molar-refractivity contribution is -0.384. The molecule has 0 fully saturated rings. The van der Waals surface area contributed by atoms with E-state index in [9.17, 15) is 10.1 Å². The van der Waals surface area contributed by atoms with E-state index in [4.69, 9.17) is 0 Å². The lowest BCUT2D eigenvalue weighted by Gasteiger charge is -2.06. The second-order valence-corrected chi connectivity index (χ2v) is 4.46. The molecule has 1 N–H and O–H groups in total. The van der Waals surface area contributed by atoms with Crippen molar-refractivity contribution in [2.45, 2.75) is 6.54 Å². The third-order valence-electron chi connectivity index (χ3n) is 2.99. The predicted octanol–water partition coefficient (Wildman–Crippen LogP) is 2.18. The van der Waals surface area contributed by atoms with Gasteiger partial charge in [0, 0.05) is 37.4 Å². The highest BCUT2D eigenvalue weighted by Crippen LogP contribution is 2.20. The van der Waals surface area contributed by atoms with Crippen molar-refractivity contribution in [2.75, 3.05) is 5.32 Å². The second kappa shape index (κ2) is 6.00. The van der Waals surface area contributed by atoms with Gasteiger partial charge in [0.1, 0.15) is 0 Å². The maximum Gasteiger partial charge on any atom is 0.311 e. The molecule has 0 atom stereocenters. The van der Waals surface area contributed by atoms with Gasteiger partial charge in [0.2, 0.25) is 5.82 Å². The van der Waals surface area contributed by atoms with E-state index >= 15 is 0 Å². The number of nitro groups is 1. The molecule has 22 heavy (non-hydrogen) atoms. The standard InChI is InChI=1S/C14H12N6O2/c21-20(22)12-3-1-6-15-14(12)17-10-11-4-5-13(16-9-11)19-8-2-7-18-19/h1-9H,10H2,(H,15,17). The highest BCUT2D eigenvalue weighted by molar-refractivity contribution is 5.55. The van der Waals surface area contributed by atoms with Gasteiger partial charge in [-0.2, -0.15) is 5.10 Å². The number of pyridine rings is 2. The van der Waals surface area contributed by atoms with E-state index in [1.54, 1.807) is 23.3 Å². The SMILES string of the molecule is O=[N+]([O-])c1cccnc1NCc1ccc(-n2cccn2)nc1. The first-order chi connectivity index (χ1) is 10.7. The summed E-state index contributed by atoms with van der Waals surface area (Å²) in [7, 11) is 0. The topological polar surface area (TPSA) is 98.8 Å². The largest absolute Gasteiger partial charge is 0.360 e. The predicted molar refractivity (Wildman–Crippen MR) is 79.6 cm³/mol. The van der Waals surface area contributed by atoms with Gasteiger partial charge in [-0.05, 0) is 23.8 Å². The zero-order valence-corrected chi connectivity index (χ0v) is 11.5. The Bertz CT molecular complexity index is 770. The molecular weight excluding hydrogens is 284 g/mol. The summed E-state index contributed by atoms with van der Waals surface area (Å²) in [4.78, 5) is 18.7. The fourth-order valence-electron chi connectivity index (χ4n) is 1.93. The van der Waals surface area contributed by atoms with Gasteiger partial charge in [0.15, 0.2) is 5.82 Å². The van der Waals surface area contributed by atoms with Gasteiger partial charge in [-0.15, -0.1) is 0 Å². The minimum absolute atomic E-state index is 0.0522. The summed E-state index contributed by atoms with van der Waals surface area (Å²) >= 11 is 0. The van der Waals surface area contributed by atoms with Crippen molar-refractivity contribution in [3.05, 3.63) is 70.8 Å². The zero-order valence-electron chi connectivity index (χ0n) is 11.5. The number of hydrogen-bond acceptors (Lipinski definition) is 6. The van der Waals surface area contributed by atoms with Crippen molar-refractivity contribution in [1.29, 1.82) is 0 Å². The molecule has 3 aromatic heterocycles. The van der Waals surface area contributed by atoms with Crippen LogP contribution in [-0.2, 0) is 6.54 Å². The number of anilines is 1. The van der Waals surface area contributed by atoms with Crippen LogP contribution in [0.1, 0.15) is 5.56 Å². The van der Waals surface area contributed by atoms with Crippen LogP contribution in [0, 0.1) is 10.1 Å².